The van der Waals surface area contributed by atoms with Gasteiger partial charge < -0.3 is 15.1 Å². The maximum Gasteiger partial charge on any atom is 0.417 e. The number of nitrogens with zero attached hydrogens (tertiary/aromatic N) is 2. The highest BCUT2D eigenvalue weighted by atomic mass is 32.2. The zero-order valence-electron chi connectivity index (χ0n) is 23.9. The quantitative estimate of drug-likeness (QED) is 0.382. The maximum atomic E-state index is 13.9. The Labute approximate surface area is 259 Å². The third kappa shape index (κ3) is 7.15. The zero-order chi connectivity index (χ0) is 32.4. The standard InChI is InChI=1S/C30H31F3N4O6S2/c31-30(32,33)25-14-13-24(44(40,41)23-10-5-2-6-11-23)20-27(25)45(42,43)35-22-15-18-36(19-16-22)28(38)26-12-7-17-37(26)29(39)34-21-8-3-1-4-9-21/h1-6,8-11,13-14,20,22,26,35H,7,12,15-19H2,(H,34,39)/t26-/m0/s1. The summed E-state index contributed by atoms with van der Waals surface area (Å²) in [6, 6.07) is 15.6. The van der Waals surface area contributed by atoms with Crippen molar-refractivity contribution >= 4 is 37.5 Å². The Bertz CT molecular complexity index is 1760. The maximum absolute atomic E-state index is 13.9. The number of likely N-dealkylation sites (tertiary alicyclic amines) is 2. The topological polar surface area (TPSA) is 133 Å². The molecule has 0 aromatic heterocycles. The third-order valence-electron chi connectivity index (χ3n) is 7.86. The molecule has 10 nitrogen and oxygen atoms in total. The van der Waals surface area contributed by atoms with Gasteiger partial charge in [-0.05, 0) is 68.1 Å². The van der Waals surface area contributed by atoms with E-state index in [-0.39, 0.29) is 36.7 Å². The van der Waals surface area contributed by atoms with Gasteiger partial charge in [0.15, 0.2) is 0 Å². The molecule has 3 aromatic rings. The van der Waals surface area contributed by atoms with Gasteiger partial charge in [-0.15, -0.1) is 0 Å². The first kappa shape index (κ1) is 32.4. The van der Waals surface area contributed by atoms with E-state index >= 15 is 0 Å². The monoisotopic (exact) mass is 664 g/mol. The van der Waals surface area contributed by atoms with Gasteiger partial charge in [0.05, 0.1) is 20.2 Å². The normalized spacial score (nSPS) is 18.2. The molecule has 3 aromatic carbocycles. The molecule has 0 radical (unpaired) electrons. The Morgan fingerprint density at radius 2 is 1.40 bits per heavy atom. The van der Waals surface area contributed by atoms with E-state index in [2.05, 4.69) is 10.0 Å². The Kier molecular flexibility index (Phi) is 9.23. The van der Waals surface area contributed by atoms with Crippen LogP contribution in [0.5, 0.6) is 0 Å². The average molecular weight is 665 g/mol. The van der Waals surface area contributed by atoms with Crippen molar-refractivity contribution in [3.63, 3.8) is 0 Å². The Balaban J connectivity index is 1.28. The smallest absolute Gasteiger partial charge is 0.341 e. The second kappa shape index (κ2) is 12.8. The van der Waals surface area contributed by atoms with Gasteiger partial charge >= 0.3 is 12.2 Å². The average Bonchev–Trinajstić information content (AvgIpc) is 3.52. The molecule has 2 aliphatic heterocycles. The lowest BCUT2D eigenvalue weighted by Crippen LogP contribution is -2.53. The SMILES string of the molecule is O=C([C@@H]1CCCN1C(=O)Nc1ccccc1)N1CCC(NS(=O)(=O)c2cc(S(=O)(=O)c3ccccc3)ccc2C(F)(F)F)CC1. The number of piperidine rings is 1. The fourth-order valence-corrected chi connectivity index (χ4v) is 8.50. The summed E-state index contributed by atoms with van der Waals surface area (Å²) in [5.74, 6) is -0.282. The third-order valence-corrected chi connectivity index (χ3v) is 11.2. The molecule has 0 spiro atoms. The molecular formula is C30H31F3N4O6S2. The summed E-state index contributed by atoms with van der Waals surface area (Å²) in [5.41, 5.74) is -0.907. The molecule has 2 aliphatic rings. The highest BCUT2D eigenvalue weighted by molar-refractivity contribution is 7.91. The number of para-hydroxylation sites is 1. The van der Waals surface area contributed by atoms with Crippen molar-refractivity contribution in [2.24, 2.45) is 0 Å². The number of carbonyl (C=O) groups is 2. The number of hydrogen-bond donors (Lipinski definition) is 2. The molecule has 3 amide bonds. The molecule has 0 bridgehead atoms. The fourth-order valence-electron chi connectivity index (χ4n) is 5.56. The molecular weight excluding hydrogens is 633 g/mol. The van der Waals surface area contributed by atoms with Gasteiger partial charge in [-0.25, -0.2) is 26.4 Å². The number of halogens is 3. The van der Waals surface area contributed by atoms with E-state index in [1.807, 2.05) is 6.07 Å². The van der Waals surface area contributed by atoms with Crippen LogP contribution >= 0.6 is 0 Å². The molecule has 0 aliphatic carbocycles. The first-order valence-corrected chi connectivity index (χ1v) is 17.2. The lowest BCUT2D eigenvalue weighted by Gasteiger charge is -2.35. The zero-order valence-corrected chi connectivity index (χ0v) is 25.5. The highest BCUT2D eigenvalue weighted by Gasteiger charge is 2.41. The van der Waals surface area contributed by atoms with Crippen LogP contribution in [0, 0.1) is 0 Å². The van der Waals surface area contributed by atoms with Gasteiger partial charge in [-0.1, -0.05) is 36.4 Å². The number of hydrogen-bond acceptors (Lipinski definition) is 6. The molecule has 2 heterocycles. The molecule has 2 fully saturated rings. The minimum Gasteiger partial charge on any atom is -0.341 e. The van der Waals surface area contributed by atoms with Crippen LogP contribution in [0.2, 0.25) is 0 Å². The summed E-state index contributed by atoms with van der Waals surface area (Å²) < 4.78 is 96.8. The second-order valence-electron chi connectivity index (χ2n) is 10.8. The number of benzene rings is 3. The van der Waals surface area contributed by atoms with Gasteiger partial charge in [0.1, 0.15) is 6.04 Å². The predicted molar refractivity (Wildman–Crippen MR) is 158 cm³/mol. The number of sulfone groups is 1. The van der Waals surface area contributed by atoms with Crippen LogP contribution in [-0.2, 0) is 30.8 Å². The van der Waals surface area contributed by atoms with Gasteiger partial charge in [-0.3, -0.25) is 4.79 Å². The number of rotatable bonds is 7. The van der Waals surface area contributed by atoms with Crippen LogP contribution in [0.1, 0.15) is 31.2 Å². The predicted octanol–water partition coefficient (Wildman–Crippen LogP) is 4.50. The number of urea groups is 1. The molecule has 2 saturated heterocycles. The van der Waals surface area contributed by atoms with E-state index in [9.17, 15) is 39.6 Å². The van der Waals surface area contributed by atoms with Crippen molar-refractivity contribution < 1.29 is 39.6 Å². The van der Waals surface area contributed by atoms with Gasteiger partial charge in [0, 0.05) is 31.4 Å². The van der Waals surface area contributed by atoms with Gasteiger partial charge in [0.2, 0.25) is 25.8 Å². The van der Waals surface area contributed by atoms with Crippen LogP contribution in [0.25, 0.3) is 0 Å². The minimum absolute atomic E-state index is 0.108. The number of carbonyl (C=O) groups excluding carboxylic acids is 2. The lowest BCUT2D eigenvalue weighted by molar-refractivity contribution is -0.140. The van der Waals surface area contributed by atoms with Crippen molar-refractivity contribution in [1.82, 2.24) is 14.5 Å². The summed E-state index contributed by atoms with van der Waals surface area (Å²) in [6.45, 7) is 0.627. The largest absolute Gasteiger partial charge is 0.417 e. The van der Waals surface area contributed by atoms with E-state index in [0.717, 1.165) is 6.07 Å². The minimum atomic E-state index is -5.07. The van der Waals surface area contributed by atoms with Gasteiger partial charge in [-0.2, -0.15) is 13.2 Å². The van der Waals surface area contributed by atoms with Crippen molar-refractivity contribution in [2.45, 2.75) is 58.6 Å². The fraction of sp³-hybridized carbons (Fsp3) is 0.333. The highest BCUT2D eigenvalue weighted by Crippen LogP contribution is 2.36. The molecule has 45 heavy (non-hydrogen) atoms. The van der Waals surface area contributed by atoms with Crippen LogP contribution < -0.4 is 10.0 Å². The molecule has 5 rings (SSSR count). The Morgan fingerprint density at radius 3 is 2.02 bits per heavy atom. The van der Waals surface area contributed by atoms with Gasteiger partial charge in [0.25, 0.3) is 0 Å². The molecule has 1 atom stereocenters. The first-order chi connectivity index (χ1) is 21.3. The lowest BCUT2D eigenvalue weighted by atomic mass is 10.0. The molecule has 0 saturated carbocycles. The number of anilines is 1. The Hall–Kier alpha value is -3.95. The first-order valence-electron chi connectivity index (χ1n) is 14.2. The van der Waals surface area contributed by atoms with Crippen LogP contribution in [-0.4, -0.2) is 70.3 Å². The number of sulfonamides is 1. The summed E-state index contributed by atoms with van der Waals surface area (Å²) in [5, 5.41) is 2.78. The van der Waals surface area contributed by atoms with Crippen molar-refractivity contribution in [3.05, 3.63) is 84.4 Å². The van der Waals surface area contributed by atoms with Crippen molar-refractivity contribution in [3.8, 4) is 0 Å². The molecule has 240 valence electrons. The van der Waals surface area contributed by atoms with Crippen LogP contribution in [0.15, 0.2) is 93.5 Å². The summed E-state index contributed by atoms with van der Waals surface area (Å²) in [6.07, 6.45) is -3.76. The van der Waals surface area contributed by atoms with Crippen LogP contribution in [0.3, 0.4) is 0 Å². The van der Waals surface area contributed by atoms with Crippen molar-refractivity contribution in [2.75, 3.05) is 25.0 Å². The van der Waals surface area contributed by atoms with E-state index in [4.69, 9.17) is 0 Å². The van der Waals surface area contributed by atoms with Crippen LogP contribution in [0.4, 0.5) is 23.7 Å². The van der Waals surface area contributed by atoms with E-state index < -0.39 is 59.5 Å². The molecule has 0 unspecified atom stereocenters. The Morgan fingerprint density at radius 1 is 0.778 bits per heavy atom. The number of alkyl halides is 3. The summed E-state index contributed by atoms with van der Waals surface area (Å²) in [7, 11) is -9.15. The second-order valence-corrected chi connectivity index (χ2v) is 14.5. The van der Waals surface area contributed by atoms with E-state index in [1.54, 1.807) is 30.3 Å². The molecule has 2 N–H and O–H groups in total. The molecule has 15 heteroatoms. The number of nitrogens with one attached hydrogen (secondary N) is 2. The summed E-state index contributed by atoms with van der Waals surface area (Å²) in [4.78, 5) is 27.2. The van der Waals surface area contributed by atoms with E-state index in [1.165, 1.54) is 34.1 Å². The number of amides is 3. The summed E-state index contributed by atoms with van der Waals surface area (Å²) >= 11 is 0. The van der Waals surface area contributed by atoms with E-state index in [0.29, 0.717) is 37.2 Å². The van der Waals surface area contributed by atoms with Crippen molar-refractivity contribution in [1.29, 1.82) is 0 Å².